The Bertz CT molecular complexity index is 846. The van der Waals surface area contributed by atoms with Crippen LogP contribution in [0.15, 0.2) is 35.3 Å². The number of likely N-dealkylation sites (N-methyl/N-ethyl adjacent to an activating group) is 1. The van der Waals surface area contributed by atoms with Crippen molar-refractivity contribution in [1.82, 2.24) is 20.9 Å². The van der Waals surface area contributed by atoms with Crippen LogP contribution in [-0.4, -0.2) is 67.0 Å². The summed E-state index contributed by atoms with van der Waals surface area (Å²) in [5, 5.41) is 7.26. The molecule has 12 heteroatoms. The van der Waals surface area contributed by atoms with Gasteiger partial charge in [-0.15, -0.1) is 0 Å². The second kappa shape index (κ2) is 12.2. The van der Waals surface area contributed by atoms with Crippen molar-refractivity contribution in [1.29, 1.82) is 0 Å². The first-order valence-corrected chi connectivity index (χ1v) is 10.1. The monoisotopic (exact) mass is 447 g/mol. The summed E-state index contributed by atoms with van der Waals surface area (Å²) < 4.78 is 5.22. The van der Waals surface area contributed by atoms with E-state index in [0.717, 1.165) is 5.56 Å². The van der Waals surface area contributed by atoms with E-state index in [0.29, 0.717) is 19.4 Å². The first-order chi connectivity index (χ1) is 15.3. The topological polar surface area (TPSA) is 181 Å². The lowest BCUT2D eigenvalue weighted by molar-refractivity contribution is -0.138. The van der Waals surface area contributed by atoms with Gasteiger partial charge < -0.3 is 26.4 Å². The second-order valence-electron chi connectivity index (χ2n) is 7.23. The molecule has 1 aromatic rings. The summed E-state index contributed by atoms with van der Waals surface area (Å²) in [5.74, 6) is -0.936. The number of ether oxygens (including phenoxy) is 1. The highest BCUT2D eigenvalue weighted by molar-refractivity contribution is 6.07. The van der Waals surface area contributed by atoms with Crippen molar-refractivity contribution in [3.63, 3.8) is 0 Å². The molecule has 0 spiro atoms. The van der Waals surface area contributed by atoms with Crippen LogP contribution in [0.1, 0.15) is 24.8 Å². The maximum absolute atomic E-state index is 12.8. The van der Waals surface area contributed by atoms with E-state index in [-0.39, 0.29) is 31.4 Å². The minimum absolute atomic E-state index is 0.0380. The van der Waals surface area contributed by atoms with Crippen LogP contribution in [0.4, 0.5) is 9.59 Å². The number of primary amides is 1. The molecule has 0 aromatic heterocycles. The molecule has 12 nitrogen and oxygen atoms in total. The van der Waals surface area contributed by atoms with Crippen LogP contribution >= 0.6 is 0 Å². The number of benzene rings is 1. The molecule has 1 heterocycles. The number of nitrogens with zero attached hydrogens (tertiary/aromatic N) is 2. The number of rotatable bonds is 9. The van der Waals surface area contributed by atoms with E-state index < -0.39 is 30.1 Å². The van der Waals surface area contributed by atoms with Gasteiger partial charge in [-0.2, -0.15) is 0 Å². The van der Waals surface area contributed by atoms with Crippen LogP contribution in [0.5, 0.6) is 0 Å². The standard InChI is InChI=1S/C20H29N7O5/c1-27(15-11-23-19(25-17(15)29)26-18(22)30)16(28)10-14(8-5-9-21)24-20(31)32-12-13-6-3-2-4-7-13/h2-4,6-7,14-15H,5,8-12,21H2,1H3,(H,24,31)(H4,22,23,25,26,29,30)/t14-,15?/m0/s1. The van der Waals surface area contributed by atoms with E-state index >= 15 is 0 Å². The molecule has 1 aliphatic rings. The first kappa shape index (κ1) is 24.6. The number of nitrogens with two attached hydrogens (primary N) is 2. The van der Waals surface area contributed by atoms with Crippen molar-refractivity contribution in [3.05, 3.63) is 35.9 Å². The Morgan fingerprint density at radius 1 is 1.31 bits per heavy atom. The van der Waals surface area contributed by atoms with Crippen LogP contribution in [0.2, 0.25) is 0 Å². The van der Waals surface area contributed by atoms with Crippen LogP contribution in [0, 0.1) is 0 Å². The molecule has 0 saturated carbocycles. The Labute approximate surface area is 185 Å². The summed E-state index contributed by atoms with van der Waals surface area (Å²) in [6.07, 6.45) is 0.375. The summed E-state index contributed by atoms with van der Waals surface area (Å²) in [7, 11) is 1.47. The zero-order chi connectivity index (χ0) is 23.5. The average molecular weight is 447 g/mol. The molecule has 1 unspecified atom stereocenters. The summed E-state index contributed by atoms with van der Waals surface area (Å²) >= 11 is 0. The molecule has 0 radical (unpaired) electrons. The van der Waals surface area contributed by atoms with Gasteiger partial charge in [0, 0.05) is 19.5 Å². The normalized spacial score (nSPS) is 16.2. The lowest BCUT2D eigenvalue weighted by atomic mass is 10.1. The number of carbonyl (C=O) groups is 4. The Morgan fingerprint density at radius 3 is 2.66 bits per heavy atom. The van der Waals surface area contributed by atoms with Crippen molar-refractivity contribution >= 4 is 29.9 Å². The van der Waals surface area contributed by atoms with Gasteiger partial charge in [0.2, 0.25) is 11.9 Å². The molecule has 2 atom stereocenters. The van der Waals surface area contributed by atoms with Gasteiger partial charge in [0.1, 0.15) is 12.6 Å². The minimum atomic E-state index is -0.861. The number of hydrogen-bond acceptors (Lipinski definition) is 7. The van der Waals surface area contributed by atoms with E-state index in [1.807, 2.05) is 30.3 Å². The second-order valence-corrected chi connectivity index (χ2v) is 7.23. The Hall–Kier alpha value is -3.67. The van der Waals surface area contributed by atoms with Crippen LogP contribution in [0.25, 0.3) is 0 Å². The number of urea groups is 1. The molecule has 1 aliphatic heterocycles. The van der Waals surface area contributed by atoms with Crippen molar-refractivity contribution in [3.8, 4) is 0 Å². The fourth-order valence-electron chi connectivity index (χ4n) is 3.04. The summed E-state index contributed by atoms with van der Waals surface area (Å²) in [6, 6.07) is 6.97. The average Bonchev–Trinajstić information content (AvgIpc) is 2.76. The fourth-order valence-corrected chi connectivity index (χ4v) is 3.04. The zero-order valence-corrected chi connectivity index (χ0v) is 17.9. The predicted octanol–water partition coefficient (Wildman–Crippen LogP) is -0.608. The van der Waals surface area contributed by atoms with Crippen molar-refractivity contribution in [2.45, 2.75) is 38.0 Å². The zero-order valence-electron chi connectivity index (χ0n) is 17.9. The third-order valence-electron chi connectivity index (χ3n) is 4.78. The van der Waals surface area contributed by atoms with Crippen LogP contribution in [0.3, 0.4) is 0 Å². The summed E-state index contributed by atoms with van der Waals surface area (Å²) in [5.41, 5.74) is 11.4. The lowest BCUT2D eigenvalue weighted by Gasteiger charge is -2.30. The van der Waals surface area contributed by atoms with Gasteiger partial charge in [-0.25, -0.2) is 14.6 Å². The maximum Gasteiger partial charge on any atom is 0.407 e. The van der Waals surface area contributed by atoms with Gasteiger partial charge in [0.25, 0.3) is 5.91 Å². The molecule has 0 aliphatic carbocycles. The SMILES string of the molecule is CN(C(=O)C[C@H](CCCN)NC(=O)OCc1ccccc1)C1CN=C(NC(N)=O)NC1=O. The lowest BCUT2D eigenvalue weighted by Crippen LogP contribution is -2.58. The number of aliphatic imine (C=N–C) groups is 1. The van der Waals surface area contributed by atoms with Gasteiger partial charge in [0.15, 0.2) is 0 Å². The number of amides is 5. The summed E-state index contributed by atoms with van der Waals surface area (Å²) in [4.78, 5) is 53.4. The fraction of sp³-hybridized carbons (Fsp3) is 0.450. The van der Waals surface area contributed by atoms with Crippen molar-refractivity contribution < 1.29 is 23.9 Å². The van der Waals surface area contributed by atoms with Crippen molar-refractivity contribution in [2.75, 3.05) is 20.1 Å². The van der Waals surface area contributed by atoms with Crippen LogP contribution in [-0.2, 0) is 20.9 Å². The molecule has 2 rings (SSSR count). The molecular formula is C20H29N7O5. The number of hydrogen-bond donors (Lipinski definition) is 5. The maximum atomic E-state index is 12.8. The number of carbonyl (C=O) groups excluding carboxylic acids is 4. The highest BCUT2D eigenvalue weighted by Gasteiger charge is 2.32. The highest BCUT2D eigenvalue weighted by Crippen LogP contribution is 2.10. The van der Waals surface area contributed by atoms with Gasteiger partial charge in [0.05, 0.1) is 6.54 Å². The Morgan fingerprint density at radius 2 is 2.03 bits per heavy atom. The molecule has 1 aromatic carbocycles. The van der Waals surface area contributed by atoms with Gasteiger partial charge in [-0.1, -0.05) is 30.3 Å². The highest BCUT2D eigenvalue weighted by atomic mass is 16.5. The predicted molar refractivity (Wildman–Crippen MR) is 116 cm³/mol. The number of guanidine groups is 1. The molecule has 174 valence electrons. The van der Waals surface area contributed by atoms with E-state index in [4.69, 9.17) is 16.2 Å². The number of alkyl carbamates (subject to hydrolysis) is 1. The van der Waals surface area contributed by atoms with Crippen molar-refractivity contribution in [2.24, 2.45) is 16.5 Å². The van der Waals surface area contributed by atoms with Gasteiger partial charge in [-0.05, 0) is 24.9 Å². The Balaban J connectivity index is 1.91. The number of nitrogens with one attached hydrogen (secondary N) is 3. The van der Waals surface area contributed by atoms with E-state index in [1.54, 1.807) is 0 Å². The quantitative estimate of drug-likeness (QED) is 0.336. The molecule has 5 amide bonds. The molecule has 7 N–H and O–H groups in total. The first-order valence-electron chi connectivity index (χ1n) is 10.1. The van der Waals surface area contributed by atoms with Gasteiger partial charge in [-0.3, -0.25) is 20.2 Å². The molecule has 0 fully saturated rings. The smallest absolute Gasteiger partial charge is 0.407 e. The molecular weight excluding hydrogens is 418 g/mol. The molecule has 32 heavy (non-hydrogen) atoms. The molecule has 0 saturated heterocycles. The largest absolute Gasteiger partial charge is 0.445 e. The summed E-state index contributed by atoms with van der Waals surface area (Å²) in [6.45, 7) is 0.465. The molecule has 0 bridgehead atoms. The van der Waals surface area contributed by atoms with E-state index in [2.05, 4.69) is 20.9 Å². The van der Waals surface area contributed by atoms with E-state index in [9.17, 15) is 19.2 Å². The minimum Gasteiger partial charge on any atom is -0.445 e. The van der Waals surface area contributed by atoms with Crippen LogP contribution < -0.4 is 27.4 Å². The van der Waals surface area contributed by atoms with E-state index in [1.165, 1.54) is 11.9 Å². The van der Waals surface area contributed by atoms with Gasteiger partial charge >= 0.3 is 12.1 Å². The Kier molecular flexibility index (Phi) is 9.42. The third kappa shape index (κ3) is 7.87. The third-order valence-corrected chi connectivity index (χ3v) is 4.78.